The van der Waals surface area contributed by atoms with E-state index in [2.05, 4.69) is 10.1 Å². The van der Waals surface area contributed by atoms with Crippen LogP contribution in [0.2, 0.25) is 0 Å². The molecule has 40 heavy (non-hydrogen) atoms. The summed E-state index contributed by atoms with van der Waals surface area (Å²) in [6.45, 7) is 2.93. The third-order valence-electron chi connectivity index (χ3n) is 7.28. The van der Waals surface area contributed by atoms with Crippen molar-refractivity contribution < 1.29 is 43.0 Å². The van der Waals surface area contributed by atoms with Crippen molar-refractivity contribution in [2.45, 2.75) is 50.6 Å². The van der Waals surface area contributed by atoms with Gasteiger partial charge in [-0.3, -0.25) is 9.69 Å². The number of nitrogens with zero attached hydrogens (tertiary/aromatic N) is 2. The molecule has 10 nitrogen and oxygen atoms in total. The molecule has 0 saturated carbocycles. The van der Waals surface area contributed by atoms with E-state index in [4.69, 9.17) is 24.2 Å². The van der Waals surface area contributed by atoms with Gasteiger partial charge in [0.25, 0.3) is 0 Å². The lowest BCUT2D eigenvalue weighted by Gasteiger charge is -2.38. The van der Waals surface area contributed by atoms with Gasteiger partial charge in [-0.25, -0.2) is 14.0 Å². The van der Waals surface area contributed by atoms with Gasteiger partial charge < -0.3 is 24.2 Å². The van der Waals surface area contributed by atoms with Crippen LogP contribution in [0.1, 0.15) is 54.6 Å². The number of benzene rings is 2. The smallest absolute Gasteiger partial charge is 0.328 e. The molecule has 11 heteroatoms. The van der Waals surface area contributed by atoms with Crippen LogP contribution in [-0.2, 0) is 9.59 Å². The highest BCUT2D eigenvalue weighted by atomic mass is 19.1. The maximum Gasteiger partial charge on any atom is 0.328 e. The van der Waals surface area contributed by atoms with E-state index in [1.165, 1.54) is 31.9 Å². The van der Waals surface area contributed by atoms with Crippen molar-refractivity contribution in [3.8, 4) is 11.5 Å². The zero-order chi connectivity index (χ0) is 28.8. The molecule has 2 fully saturated rings. The number of hydrogen-bond donors (Lipinski definition) is 2. The maximum atomic E-state index is 13.5. The summed E-state index contributed by atoms with van der Waals surface area (Å²) in [7, 11) is 1.58. The minimum absolute atomic E-state index is 0.000628. The molecule has 2 atom stereocenters. The molecule has 1 aromatic heterocycles. The van der Waals surface area contributed by atoms with Crippen LogP contribution in [0.15, 0.2) is 53.1 Å². The molecule has 2 aliphatic rings. The molecule has 0 radical (unpaired) electrons. The van der Waals surface area contributed by atoms with Crippen LogP contribution in [0.5, 0.6) is 11.5 Å². The molecule has 212 valence electrons. The van der Waals surface area contributed by atoms with Crippen LogP contribution in [-0.4, -0.2) is 70.3 Å². The Morgan fingerprint density at radius 1 is 1.05 bits per heavy atom. The molecule has 2 saturated heterocycles. The molecule has 2 unspecified atom stereocenters. The number of hydrogen-bond acceptors (Lipinski definition) is 8. The van der Waals surface area contributed by atoms with Gasteiger partial charge in [0.2, 0.25) is 0 Å². The van der Waals surface area contributed by atoms with Crippen LogP contribution in [0, 0.1) is 5.82 Å². The van der Waals surface area contributed by atoms with E-state index in [0.717, 1.165) is 30.5 Å². The van der Waals surface area contributed by atoms with Crippen molar-refractivity contribution in [3.63, 3.8) is 0 Å². The number of aromatic nitrogens is 1. The Hall–Kier alpha value is -4.25. The fourth-order valence-corrected chi connectivity index (χ4v) is 5.50. The number of carbonyl (C=O) groups is 3. The van der Waals surface area contributed by atoms with Gasteiger partial charge in [-0.1, -0.05) is 5.16 Å². The number of fused-ring (bicyclic) bond motifs is 3. The average Bonchev–Trinajstić information content (AvgIpc) is 3.43. The van der Waals surface area contributed by atoms with Crippen molar-refractivity contribution in [2.75, 3.05) is 20.3 Å². The summed E-state index contributed by atoms with van der Waals surface area (Å²) in [5.74, 6) is -1.26. The summed E-state index contributed by atoms with van der Waals surface area (Å²) < 4.78 is 30.3. The number of carboxylic acids is 2. The highest BCUT2D eigenvalue weighted by Gasteiger charge is 2.42. The summed E-state index contributed by atoms with van der Waals surface area (Å²) in [5, 5.41) is 20.8. The lowest BCUT2D eigenvalue weighted by Crippen LogP contribution is -2.44. The molecule has 3 heterocycles. The van der Waals surface area contributed by atoms with Gasteiger partial charge in [-0.15, -0.1) is 0 Å². The highest BCUT2D eigenvalue weighted by Crippen LogP contribution is 2.44. The van der Waals surface area contributed by atoms with Gasteiger partial charge in [0, 0.05) is 53.7 Å². The lowest BCUT2D eigenvalue weighted by atomic mass is 9.87. The van der Waals surface area contributed by atoms with Gasteiger partial charge in [0.15, 0.2) is 22.9 Å². The number of ether oxygens (including phenoxy) is 2. The normalized spacial score (nSPS) is 20.2. The Balaban J connectivity index is 0.000000406. The number of carboxylic acid groups (broad SMARTS) is 2. The quantitative estimate of drug-likeness (QED) is 0.283. The van der Waals surface area contributed by atoms with Crippen molar-refractivity contribution in [1.29, 1.82) is 0 Å². The first-order valence-electron chi connectivity index (χ1n) is 12.9. The standard InChI is InChI=1S/C25H27FN2O4.C4H4O4/c1-15(29)16-3-8-22(24(13-16)30-2)31-10-9-28-19-5-6-20(28)12-17(11-19)25-21-7-4-18(26)14-23(21)32-27-25;5-3(6)1-2-4(7)8/h3-4,7-8,13-14,17,19-20H,5-6,9-12H2,1-2H3;1-2H,(H,5,6)(H,7,8). The number of methoxy groups -OCH3 is 1. The second-order valence-corrected chi connectivity index (χ2v) is 9.78. The summed E-state index contributed by atoms with van der Waals surface area (Å²) in [6, 6.07) is 10.9. The first-order chi connectivity index (χ1) is 19.2. The Morgan fingerprint density at radius 2 is 1.73 bits per heavy atom. The molecule has 0 aliphatic carbocycles. The van der Waals surface area contributed by atoms with E-state index in [-0.39, 0.29) is 11.6 Å². The van der Waals surface area contributed by atoms with E-state index >= 15 is 0 Å². The van der Waals surface area contributed by atoms with Crippen molar-refractivity contribution in [1.82, 2.24) is 10.1 Å². The fraction of sp³-hybridized carbons (Fsp3) is 0.379. The predicted molar refractivity (Wildman–Crippen MR) is 142 cm³/mol. The van der Waals surface area contributed by atoms with Crippen LogP contribution in [0.3, 0.4) is 0 Å². The van der Waals surface area contributed by atoms with Crippen molar-refractivity contribution in [3.05, 3.63) is 65.6 Å². The van der Waals surface area contributed by atoms with Crippen LogP contribution >= 0.6 is 0 Å². The fourth-order valence-electron chi connectivity index (χ4n) is 5.50. The summed E-state index contributed by atoms with van der Waals surface area (Å²) in [6.07, 6.45) is 5.49. The Kier molecular flexibility index (Phi) is 9.15. The largest absolute Gasteiger partial charge is 0.493 e. The minimum atomic E-state index is -1.26. The van der Waals surface area contributed by atoms with Gasteiger partial charge in [-0.05, 0) is 62.9 Å². The molecule has 5 rings (SSSR count). The first-order valence-corrected chi connectivity index (χ1v) is 12.9. The predicted octanol–water partition coefficient (Wildman–Crippen LogP) is 4.68. The molecule has 3 aromatic rings. The van der Waals surface area contributed by atoms with Gasteiger partial charge >= 0.3 is 11.9 Å². The monoisotopic (exact) mass is 554 g/mol. The highest BCUT2D eigenvalue weighted by molar-refractivity contribution is 5.94. The average molecular weight is 555 g/mol. The third kappa shape index (κ3) is 6.84. The number of Topliss-reactive ketones (excluding diaryl/α,β-unsaturated/α-hetero) is 1. The molecule has 2 bridgehead atoms. The van der Waals surface area contributed by atoms with Crippen LogP contribution in [0.25, 0.3) is 11.0 Å². The zero-order valence-electron chi connectivity index (χ0n) is 22.2. The third-order valence-corrected chi connectivity index (χ3v) is 7.28. The Labute approximate surface area is 230 Å². The van der Waals surface area contributed by atoms with Crippen LogP contribution < -0.4 is 9.47 Å². The van der Waals surface area contributed by atoms with Gasteiger partial charge in [0.05, 0.1) is 12.8 Å². The minimum Gasteiger partial charge on any atom is -0.493 e. The Morgan fingerprint density at radius 3 is 2.33 bits per heavy atom. The molecule has 0 spiro atoms. The number of ketones is 1. The van der Waals surface area contributed by atoms with Crippen molar-refractivity contribution >= 4 is 28.7 Å². The van der Waals surface area contributed by atoms with E-state index in [0.29, 0.717) is 59.4 Å². The van der Waals surface area contributed by atoms with E-state index in [9.17, 15) is 18.8 Å². The Bertz CT molecular complexity index is 1390. The van der Waals surface area contributed by atoms with Crippen LogP contribution in [0.4, 0.5) is 4.39 Å². The SMILES string of the molecule is COc1cc(C(C)=O)ccc1OCCN1C2CCC1CC(c1noc3cc(F)ccc13)C2.O=C(O)C=CC(=O)O. The molecule has 2 N–H and O–H groups in total. The zero-order valence-corrected chi connectivity index (χ0v) is 22.2. The molecular formula is C29H31FN2O8. The van der Waals surface area contributed by atoms with Gasteiger partial charge in [0.1, 0.15) is 12.4 Å². The topological polar surface area (TPSA) is 139 Å². The molecule has 2 aliphatic heterocycles. The summed E-state index contributed by atoms with van der Waals surface area (Å²) >= 11 is 0. The van der Waals surface area contributed by atoms with E-state index in [1.54, 1.807) is 31.4 Å². The first kappa shape index (κ1) is 28.8. The molecule has 2 aromatic carbocycles. The number of rotatable bonds is 9. The molecule has 0 amide bonds. The maximum absolute atomic E-state index is 13.5. The van der Waals surface area contributed by atoms with Gasteiger partial charge in [-0.2, -0.15) is 0 Å². The summed E-state index contributed by atoms with van der Waals surface area (Å²) in [5.41, 5.74) is 2.09. The lowest BCUT2D eigenvalue weighted by molar-refractivity contribution is -0.134. The number of halogens is 1. The van der Waals surface area contributed by atoms with Crippen molar-refractivity contribution in [2.24, 2.45) is 0 Å². The summed E-state index contributed by atoms with van der Waals surface area (Å²) in [4.78, 5) is 33.3. The second-order valence-electron chi connectivity index (χ2n) is 9.78. The second kappa shape index (κ2) is 12.7. The number of aliphatic carboxylic acids is 2. The number of piperidine rings is 1. The number of carbonyl (C=O) groups excluding carboxylic acids is 1. The molecular weight excluding hydrogens is 523 g/mol. The van der Waals surface area contributed by atoms with E-state index < -0.39 is 11.9 Å². The van der Waals surface area contributed by atoms with E-state index in [1.807, 2.05) is 0 Å².